The number of carbonyl (C=O) groups excluding carboxylic acids is 1. The van der Waals surface area contributed by atoms with Crippen LogP contribution in [0.4, 0.5) is 0 Å². The second-order valence-corrected chi connectivity index (χ2v) is 5.99. The predicted molar refractivity (Wildman–Crippen MR) is 78.5 cm³/mol. The molecule has 116 valence electrons. The Morgan fingerprint density at radius 3 is 2.25 bits per heavy atom. The molecule has 0 spiro atoms. The van der Waals surface area contributed by atoms with Gasteiger partial charge in [-0.2, -0.15) is 0 Å². The second kappa shape index (κ2) is 8.95. The van der Waals surface area contributed by atoms with Gasteiger partial charge in [0, 0.05) is 6.42 Å². The molecule has 1 fully saturated rings. The summed E-state index contributed by atoms with van der Waals surface area (Å²) in [5.41, 5.74) is 0. The fourth-order valence-electron chi connectivity index (χ4n) is 2.58. The molecule has 0 aromatic heterocycles. The molecule has 2 N–H and O–H groups in total. The maximum atomic E-state index is 11.8. The molecule has 5 nitrogen and oxygen atoms in total. The number of aliphatic carboxylic acids is 1. The Balaban J connectivity index is 2.23. The van der Waals surface area contributed by atoms with Crippen molar-refractivity contribution in [2.24, 2.45) is 5.92 Å². The molecule has 0 aliphatic carbocycles. The van der Waals surface area contributed by atoms with E-state index in [-0.39, 0.29) is 11.8 Å². The molecular formula is C15H28N2O3. The summed E-state index contributed by atoms with van der Waals surface area (Å²) in [6.07, 6.45) is 6.34. The molecule has 0 saturated carbocycles. The Hall–Kier alpha value is -1.10. The van der Waals surface area contributed by atoms with Crippen molar-refractivity contribution in [1.82, 2.24) is 10.2 Å². The average Bonchev–Trinajstić information content (AvgIpc) is 2.64. The van der Waals surface area contributed by atoms with Crippen molar-refractivity contribution < 1.29 is 14.7 Å². The Morgan fingerprint density at radius 1 is 1.15 bits per heavy atom. The van der Waals surface area contributed by atoms with Crippen molar-refractivity contribution >= 4 is 11.9 Å². The van der Waals surface area contributed by atoms with Crippen LogP contribution in [0, 0.1) is 5.92 Å². The SMILES string of the molecule is CC(C)C(NC(=O)CCCN1CCCCCC1)C(=O)O. The number of hydrogen-bond acceptors (Lipinski definition) is 3. The van der Waals surface area contributed by atoms with Crippen LogP contribution in [0.15, 0.2) is 0 Å². The lowest BCUT2D eigenvalue weighted by atomic mass is 10.0. The number of carbonyl (C=O) groups is 2. The summed E-state index contributed by atoms with van der Waals surface area (Å²) in [4.78, 5) is 25.2. The lowest BCUT2D eigenvalue weighted by molar-refractivity contribution is -0.143. The van der Waals surface area contributed by atoms with Gasteiger partial charge in [-0.15, -0.1) is 0 Å². The average molecular weight is 284 g/mol. The van der Waals surface area contributed by atoms with Gasteiger partial charge < -0.3 is 15.3 Å². The van der Waals surface area contributed by atoms with E-state index in [1.165, 1.54) is 25.7 Å². The number of carboxylic acids is 1. The first kappa shape index (κ1) is 17.0. The Bertz CT molecular complexity index is 310. The number of likely N-dealkylation sites (tertiary alicyclic amines) is 1. The first-order chi connectivity index (χ1) is 9.50. The standard InChI is InChI=1S/C15H28N2O3/c1-12(2)14(15(19)20)16-13(18)8-7-11-17-9-5-3-4-6-10-17/h12,14H,3-11H2,1-2H3,(H,16,18)(H,19,20). The molecule has 20 heavy (non-hydrogen) atoms. The summed E-state index contributed by atoms with van der Waals surface area (Å²) < 4.78 is 0. The summed E-state index contributed by atoms with van der Waals surface area (Å²) in [6.45, 7) is 6.80. The number of nitrogens with zero attached hydrogens (tertiary/aromatic N) is 1. The first-order valence-corrected chi connectivity index (χ1v) is 7.75. The van der Waals surface area contributed by atoms with E-state index >= 15 is 0 Å². The zero-order valence-electron chi connectivity index (χ0n) is 12.7. The number of carboxylic acid groups (broad SMARTS) is 1. The molecule has 1 aliphatic heterocycles. The van der Waals surface area contributed by atoms with Gasteiger partial charge in [0.1, 0.15) is 6.04 Å². The molecule has 0 bridgehead atoms. The summed E-state index contributed by atoms with van der Waals surface area (Å²) in [5.74, 6) is -1.20. The molecule has 0 radical (unpaired) electrons. The van der Waals surface area contributed by atoms with Crippen molar-refractivity contribution in [2.75, 3.05) is 19.6 Å². The predicted octanol–water partition coefficient (Wildman–Crippen LogP) is 1.87. The van der Waals surface area contributed by atoms with E-state index < -0.39 is 12.0 Å². The smallest absolute Gasteiger partial charge is 0.326 e. The summed E-state index contributed by atoms with van der Waals surface area (Å²) in [5, 5.41) is 11.6. The van der Waals surface area contributed by atoms with E-state index in [0.717, 1.165) is 26.1 Å². The molecule has 1 aliphatic rings. The maximum Gasteiger partial charge on any atom is 0.326 e. The molecule has 1 amide bonds. The van der Waals surface area contributed by atoms with E-state index in [4.69, 9.17) is 5.11 Å². The van der Waals surface area contributed by atoms with Crippen LogP contribution in [0.3, 0.4) is 0 Å². The largest absolute Gasteiger partial charge is 0.480 e. The molecule has 1 heterocycles. The van der Waals surface area contributed by atoms with Crippen molar-refractivity contribution in [1.29, 1.82) is 0 Å². The fourth-order valence-corrected chi connectivity index (χ4v) is 2.58. The molecular weight excluding hydrogens is 256 g/mol. The van der Waals surface area contributed by atoms with Gasteiger partial charge in [0.15, 0.2) is 0 Å². The molecule has 1 rings (SSSR count). The Kier molecular flexibility index (Phi) is 7.59. The molecule has 5 heteroatoms. The number of hydrogen-bond donors (Lipinski definition) is 2. The van der Waals surface area contributed by atoms with Crippen molar-refractivity contribution in [2.45, 2.75) is 58.4 Å². The van der Waals surface area contributed by atoms with Gasteiger partial charge in [-0.3, -0.25) is 4.79 Å². The van der Waals surface area contributed by atoms with Crippen molar-refractivity contribution in [3.8, 4) is 0 Å². The van der Waals surface area contributed by atoms with Crippen LogP contribution in [0.1, 0.15) is 52.4 Å². The maximum absolute atomic E-state index is 11.8. The van der Waals surface area contributed by atoms with E-state index in [0.29, 0.717) is 6.42 Å². The fraction of sp³-hybridized carbons (Fsp3) is 0.867. The highest BCUT2D eigenvalue weighted by molar-refractivity contribution is 5.83. The highest BCUT2D eigenvalue weighted by Crippen LogP contribution is 2.10. The minimum Gasteiger partial charge on any atom is -0.480 e. The van der Waals surface area contributed by atoms with Crippen LogP contribution >= 0.6 is 0 Å². The summed E-state index contributed by atoms with van der Waals surface area (Å²) in [6, 6.07) is -0.777. The molecule has 0 aromatic carbocycles. The Morgan fingerprint density at radius 2 is 1.75 bits per heavy atom. The van der Waals surface area contributed by atoms with Crippen LogP contribution in [-0.2, 0) is 9.59 Å². The number of amides is 1. The van der Waals surface area contributed by atoms with Crippen LogP contribution in [0.2, 0.25) is 0 Å². The third kappa shape index (κ3) is 6.37. The van der Waals surface area contributed by atoms with E-state index in [9.17, 15) is 9.59 Å². The normalized spacial score (nSPS) is 18.6. The van der Waals surface area contributed by atoms with Gasteiger partial charge >= 0.3 is 5.97 Å². The van der Waals surface area contributed by atoms with Crippen LogP contribution in [0.25, 0.3) is 0 Å². The van der Waals surface area contributed by atoms with Crippen molar-refractivity contribution in [3.63, 3.8) is 0 Å². The Labute approximate surface area is 121 Å². The zero-order valence-corrected chi connectivity index (χ0v) is 12.7. The first-order valence-electron chi connectivity index (χ1n) is 7.75. The lowest BCUT2D eigenvalue weighted by Gasteiger charge is -2.20. The molecule has 1 atom stereocenters. The monoisotopic (exact) mass is 284 g/mol. The van der Waals surface area contributed by atoms with Gasteiger partial charge in [0.25, 0.3) is 0 Å². The highest BCUT2D eigenvalue weighted by Gasteiger charge is 2.23. The van der Waals surface area contributed by atoms with Gasteiger partial charge in [0.2, 0.25) is 5.91 Å². The van der Waals surface area contributed by atoms with Crippen molar-refractivity contribution in [3.05, 3.63) is 0 Å². The van der Waals surface area contributed by atoms with E-state index in [2.05, 4.69) is 10.2 Å². The van der Waals surface area contributed by atoms with Crippen LogP contribution in [-0.4, -0.2) is 47.6 Å². The van der Waals surface area contributed by atoms with Gasteiger partial charge in [-0.25, -0.2) is 4.79 Å². The summed E-state index contributed by atoms with van der Waals surface area (Å²) in [7, 11) is 0. The van der Waals surface area contributed by atoms with Gasteiger partial charge in [-0.1, -0.05) is 26.7 Å². The zero-order chi connectivity index (χ0) is 15.0. The highest BCUT2D eigenvalue weighted by atomic mass is 16.4. The third-order valence-corrected chi connectivity index (χ3v) is 3.83. The van der Waals surface area contributed by atoms with E-state index in [1.807, 2.05) is 0 Å². The number of rotatable bonds is 7. The topological polar surface area (TPSA) is 69.6 Å². The third-order valence-electron chi connectivity index (χ3n) is 3.83. The quantitative estimate of drug-likeness (QED) is 0.749. The van der Waals surface area contributed by atoms with Gasteiger partial charge in [0.05, 0.1) is 0 Å². The second-order valence-electron chi connectivity index (χ2n) is 5.99. The molecule has 1 saturated heterocycles. The molecule has 0 aromatic rings. The van der Waals surface area contributed by atoms with E-state index in [1.54, 1.807) is 13.8 Å². The van der Waals surface area contributed by atoms with Crippen LogP contribution in [0.5, 0.6) is 0 Å². The minimum atomic E-state index is -0.958. The lowest BCUT2D eigenvalue weighted by Crippen LogP contribution is -2.44. The van der Waals surface area contributed by atoms with Crippen LogP contribution < -0.4 is 5.32 Å². The number of nitrogens with one attached hydrogen (secondary N) is 1. The molecule has 1 unspecified atom stereocenters. The summed E-state index contributed by atoms with van der Waals surface area (Å²) >= 11 is 0. The minimum absolute atomic E-state index is 0.0953. The van der Waals surface area contributed by atoms with Gasteiger partial charge in [-0.05, 0) is 44.8 Å².